The second-order valence-electron chi connectivity index (χ2n) is 7.36. The fraction of sp³-hybridized carbons (Fsp3) is 0.273. The maximum Gasteiger partial charge on any atom is 0.417 e. The van der Waals surface area contributed by atoms with Crippen LogP contribution in [0.3, 0.4) is 0 Å². The summed E-state index contributed by atoms with van der Waals surface area (Å²) < 4.78 is 82.7. The smallest absolute Gasteiger partial charge is 0.166 e. The Morgan fingerprint density at radius 3 is 1.21 bits per heavy atom. The molecule has 6 heteroatoms. The first-order valence-electron chi connectivity index (χ1n) is 8.71. The highest BCUT2D eigenvalue weighted by Gasteiger charge is 2.48. The van der Waals surface area contributed by atoms with Crippen LogP contribution in [0.25, 0.3) is 33.0 Å². The lowest BCUT2D eigenvalue weighted by atomic mass is 9.84. The summed E-state index contributed by atoms with van der Waals surface area (Å²) in [7, 11) is 0. The number of alkyl halides is 6. The first-order valence-corrected chi connectivity index (χ1v) is 8.71. The molecule has 3 aromatic rings. The summed E-state index contributed by atoms with van der Waals surface area (Å²) in [6, 6.07) is 7.29. The molecule has 0 fully saturated rings. The molecule has 0 aliphatic heterocycles. The molecule has 28 heavy (non-hydrogen) atoms. The van der Waals surface area contributed by atoms with E-state index in [1.54, 1.807) is 26.0 Å². The second kappa shape index (κ2) is 5.52. The molecule has 0 radical (unpaired) electrons. The van der Waals surface area contributed by atoms with Gasteiger partial charge in [-0.2, -0.15) is 26.3 Å². The van der Waals surface area contributed by atoms with Crippen LogP contribution >= 0.6 is 0 Å². The first-order chi connectivity index (χ1) is 12.9. The van der Waals surface area contributed by atoms with E-state index in [4.69, 9.17) is 0 Å². The van der Waals surface area contributed by atoms with Crippen molar-refractivity contribution >= 4 is 10.8 Å². The maximum absolute atomic E-state index is 13.8. The van der Waals surface area contributed by atoms with E-state index in [0.29, 0.717) is 11.1 Å². The summed E-state index contributed by atoms with van der Waals surface area (Å²) in [5.74, 6) is 0. The molecule has 0 aromatic heterocycles. The van der Waals surface area contributed by atoms with Crippen LogP contribution < -0.4 is 0 Å². The van der Waals surface area contributed by atoms with Crippen LogP contribution in [-0.4, -0.2) is 0 Å². The van der Waals surface area contributed by atoms with Crippen LogP contribution in [0, 0.1) is 27.7 Å². The molecule has 0 atom stereocenters. The van der Waals surface area contributed by atoms with Crippen LogP contribution in [0.15, 0.2) is 24.3 Å². The Morgan fingerprint density at radius 1 is 0.536 bits per heavy atom. The fourth-order valence-electron chi connectivity index (χ4n) is 4.60. The van der Waals surface area contributed by atoms with E-state index in [0.717, 1.165) is 35.7 Å². The quantitative estimate of drug-likeness (QED) is 0.267. The summed E-state index contributed by atoms with van der Waals surface area (Å²) in [5, 5.41) is 1.53. The van der Waals surface area contributed by atoms with E-state index in [-0.39, 0.29) is 22.3 Å². The third kappa shape index (κ3) is 2.33. The summed E-state index contributed by atoms with van der Waals surface area (Å²) in [4.78, 5) is 0. The van der Waals surface area contributed by atoms with Gasteiger partial charge in [-0.05, 0) is 83.0 Å². The monoisotopic (exact) mass is 394 g/mol. The van der Waals surface area contributed by atoms with Crippen molar-refractivity contribution in [1.82, 2.24) is 0 Å². The van der Waals surface area contributed by atoms with E-state index in [9.17, 15) is 26.3 Å². The Bertz CT molecular complexity index is 1080. The molecule has 0 heterocycles. The van der Waals surface area contributed by atoms with Gasteiger partial charge in [-0.15, -0.1) is 0 Å². The van der Waals surface area contributed by atoms with Gasteiger partial charge < -0.3 is 0 Å². The van der Waals surface area contributed by atoms with Gasteiger partial charge in [0, 0.05) is 0 Å². The van der Waals surface area contributed by atoms with Gasteiger partial charge in [-0.3, -0.25) is 0 Å². The highest BCUT2D eigenvalue weighted by molar-refractivity contribution is 6.18. The zero-order valence-corrected chi connectivity index (χ0v) is 15.6. The molecule has 0 amide bonds. The minimum atomic E-state index is -5.11. The van der Waals surface area contributed by atoms with E-state index in [2.05, 4.69) is 0 Å². The lowest BCUT2D eigenvalue weighted by Crippen LogP contribution is -2.21. The molecule has 0 unspecified atom stereocenters. The number of aryl methyl sites for hydroxylation is 2. The van der Waals surface area contributed by atoms with Gasteiger partial charge in [0.1, 0.15) is 0 Å². The van der Waals surface area contributed by atoms with Crippen LogP contribution in [0.5, 0.6) is 0 Å². The summed E-state index contributed by atoms with van der Waals surface area (Å²) in [6.45, 7) is 5.84. The molecule has 146 valence electrons. The lowest BCUT2D eigenvalue weighted by Gasteiger charge is -2.24. The van der Waals surface area contributed by atoms with Crippen LogP contribution in [-0.2, 0) is 12.4 Å². The van der Waals surface area contributed by atoms with Crippen LogP contribution in [0.2, 0.25) is 0 Å². The predicted octanol–water partition coefficient (Wildman–Crippen LogP) is 7.76. The normalized spacial score (nSPS) is 13.4. The molecule has 0 N–H and O–H groups in total. The van der Waals surface area contributed by atoms with Gasteiger partial charge in [0.25, 0.3) is 0 Å². The molecule has 3 aromatic carbocycles. The van der Waals surface area contributed by atoms with Crippen molar-refractivity contribution in [1.29, 1.82) is 0 Å². The van der Waals surface area contributed by atoms with Crippen molar-refractivity contribution in [2.45, 2.75) is 40.0 Å². The molecule has 0 nitrogen and oxygen atoms in total. The Balaban J connectivity index is 2.33. The third-order valence-electron chi connectivity index (χ3n) is 5.67. The van der Waals surface area contributed by atoms with Crippen LogP contribution in [0.1, 0.15) is 33.4 Å². The van der Waals surface area contributed by atoms with Gasteiger partial charge in [-0.25, -0.2) is 0 Å². The molecule has 0 spiro atoms. The lowest BCUT2D eigenvalue weighted by molar-refractivity contribution is -0.162. The van der Waals surface area contributed by atoms with E-state index < -0.39 is 23.5 Å². The molecular weight excluding hydrogens is 378 g/mol. The number of hydrogen-bond donors (Lipinski definition) is 0. The number of halogens is 6. The minimum Gasteiger partial charge on any atom is -0.166 e. The molecule has 0 saturated carbocycles. The molecule has 0 saturated heterocycles. The first kappa shape index (κ1) is 18.8. The highest BCUT2D eigenvalue weighted by Crippen LogP contribution is 2.57. The number of rotatable bonds is 0. The Kier molecular flexibility index (Phi) is 3.72. The van der Waals surface area contributed by atoms with E-state index in [1.165, 1.54) is 0 Å². The second-order valence-corrected chi connectivity index (χ2v) is 7.36. The van der Waals surface area contributed by atoms with Gasteiger partial charge in [0.2, 0.25) is 0 Å². The average Bonchev–Trinajstić information content (AvgIpc) is 2.93. The topological polar surface area (TPSA) is 0 Å². The van der Waals surface area contributed by atoms with Crippen molar-refractivity contribution < 1.29 is 26.3 Å². The summed E-state index contributed by atoms with van der Waals surface area (Å²) >= 11 is 0. The van der Waals surface area contributed by atoms with Crippen molar-refractivity contribution in [3.63, 3.8) is 0 Å². The van der Waals surface area contributed by atoms with Crippen molar-refractivity contribution in [2.24, 2.45) is 0 Å². The molecule has 1 aliphatic carbocycles. The van der Waals surface area contributed by atoms with Crippen molar-refractivity contribution in [3.8, 4) is 22.3 Å². The fourth-order valence-corrected chi connectivity index (χ4v) is 4.60. The summed E-state index contributed by atoms with van der Waals surface area (Å²) in [6.07, 6.45) is -10.2. The Hall–Kier alpha value is -2.50. The molecule has 4 rings (SSSR count). The van der Waals surface area contributed by atoms with Gasteiger partial charge >= 0.3 is 12.4 Å². The third-order valence-corrected chi connectivity index (χ3v) is 5.67. The standard InChI is InChI=1S/C22H16F6/c1-9-5-7-13-8-6-10(2)15-17-12(4)20(22(26,27)28)19(21(23,24)25)11(3)16(17)14(9)18(13)15/h5-8H,1-4H3. The number of fused-ring (bicyclic) bond motifs is 3. The molecule has 0 bridgehead atoms. The largest absolute Gasteiger partial charge is 0.417 e. The van der Waals surface area contributed by atoms with Gasteiger partial charge in [0.05, 0.1) is 11.1 Å². The zero-order valence-electron chi connectivity index (χ0n) is 15.6. The van der Waals surface area contributed by atoms with Gasteiger partial charge in [-0.1, -0.05) is 24.3 Å². The van der Waals surface area contributed by atoms with Crippen molar-refractivity contribution in [3.05, 3.63) is 57.6 Å². The average molecular weight is 394 g/mol. The van der Waals surface area contributed by atoms with Gasteiger partial charge in [0.15, 0.2) is 0 Å². The minimum absolute atomic E-state index is 0.269. The highest BCUT2D eigenvalue weighted by atomic mass is 19.4. The maximum atomic E-state index is 13.8. The predicted molar refractivity (Wildman–Crippen MR) is 97.3 cm³/mol. The van der Waals surface area contributed by atoms with E-state index in [1.807, 2.05) is 12.1 Å². The van der Waals surface area contributed by atoms with E-state index >= 15 is 0 Å². The number of hydrogen-bond acceptors (Lipinski definition) is 0. The van der Waals surface area contributed by atoms with Crippen LogP contribution in [0.4, 0.5) is 26.3 Å². The molecule has 1 aliphatic rings. The SMILES string of the molecule is Cc1ccc2ccc(C)c3c2c1-c1c(C)c(C(F)(F)F)c(C(F)(F)F)c(C)c1-3. The Labute approximate surface area is 157 Å². The van der Waals surface area contributed by atoms with Crippen molar-refractivity contribution in [2.75, 3.05) is 0 Å². The molecular formula is C22H16F6. The number of benzene rings is 3. The zero-order chi connectivity index (χ0) is 20.8. The Morgan fingerprint density at radius 2 is 0.893 bits per heavy atom. The summed E-state index contributed by atoms with van der Waals surface area (Å²) in [5.41, 5.74) is -0.677.